The predicted octanol–water partition coefficient (Wildman–Crippen LogP) is 19.8. The number of rotatable bonds is 53. The average Bonchev–Trinajstić information content (AvgIpc) is 3.35. The molecular weight excluding hydrogens is 853 g/mol. The summed E-state index contributed by atoms with van der Waals surface area (Å²) in [7, 11) is 0. The van der Waals surface area contributed by atoms with Crippen LogP contribution in [-0.4, -0.2) is 37.2 Å². The maximum atomic E-state index is 12.9. The normalized spacial score (nSPS) is 12.6. The van der Waals surface area contributed by atoms with Crippen LogP contribution in [0.15, 0.2) is 72.9 Å². The van der Waals surface area contributed by atoms with Gasteiger partial charge < -0.3 is 14.2 Å². The molecule has 0 aliphatic carbocycles. The van der Waals surface area contributed by atoms with Crippen LogP contribution in [0.4, 0.5) is 0 Å². The van der Waals surface area contributed by atoms with E-state index in [0.717, 1.165) is 70.6 Å². The van der Waals surface area contributed by atoms with E-state index in [4.69, 9.17) is 14.2 Å². The first-order valence-corrected chi connectivity index (χ1v) is 29.4. The lowest BCUT2D eigenvalue weighted by molar-refractivity contribution is -0.166. The number of hydrogen-bond acceptors (Lipinski definition) is 6. The van der Waals surface area contributed by atoms with Gasteiger partial charge in [-0.05, 0) is 77.0 Å². The third-order valence-corrected chi connectivity index (χ3v) is 12.7. The molecule has 0 spiro atoms. The molecule has 0 radical (unpaired) electrons. The quantitative estimate of drug-likeness (QED) is 0.0262. The van der Waals surface area contributed by atoms with Crippen molar-refractivity contribution in [3.63, 3.8) is 0 Å². The highest BCUT2D eigenvalue weighted by Crippen LogP contribution is 2.16. The second-order valence-corrected chi connectivity index (χ2v) is 19.5. The summed E-state index contributed by atoms with van der Waals surface area (Å²) >= 11 is 0. The lowest BCUT2D eigenvalue weighted by Crippen LogP contribution is -2.30. The molecular formula is C63H110O6. The number of carbonyl (C=O) groups excluding carboxylic acids is 3. The Balaban J connectivity index is 4.44. The van der Waals surface area contributed by atoms with E-state index in [1.54, 1.807) is 0 Å². The highest BCUT2D eigenvalue weighted by Gasteiger charge is 2.19. The fourth-order valence-electron chi connectivity index (χ4n) is 8.31. The Bertz CT molecular complexity index is 1290. The Morgan fingerprint density at radius 3 is 0.971 bits per heavy atom. The topological polar surface area (TPSA) is 78.9 Å². The molecule has 0 aliphatic rings. The zero-order valence-electron chi connectivity index (χ0n) is 45.6. The molecule has 0 rings (SSSR count). The fourth-order valence-corrected chi connectivity index (χ4v) is 8.31. The Kier molecular flexibility index (Phi) is 54.8. The van der Waals surface area contributed by atoms with Crippen molar-refractivity contribution in [3.05, 3.63) is 72.9 Å². The molecule has 1 atom stereocenters. The Morgan fingerprint density at radius 2 is 0.594 bits per heavy atom. The SMILES string of the molecule is CC/C=C\C/C=C\C/C=C\C/C=C\C/C=C\CCC(=O)OCC(COC(=O)CCCCCCCCCCCCCCCCCCCC)OC(=O)CCCCCCCCC/C=C\CCCCCCCC. The molecule has 6 nitrogen and oxygen atoms in total. The van der Waals surface area contributed by atoms with E-state index < -0.39 is 6.10 Å². The molecule has 0 aromatic carbocycles. The Hall–Kier alpha value is -3.15. The van der Waals surface area contributed by atoms with Gasteiger partial charge in [-0.1, -0.05) is 267 Å². The highest BCUT2D eigenvalue weighted by molar-refractivity contribution is 5.71. The molecule has 0 fully saturated rings. The molecule has 0 saturated carbocycles. The molecule has 0 saturated heterocycles. The fraction of sp³-hybridized carbons (Fsp3) is 0.762. The third kappa shape index (κ3) is 55.6. The third-order valence-electron chi connectivity index (χ3n) is 12.7. The van der Waals surface area contributed by atoms with E-state index in [1.807, 2.05) is 6.08 Å². The van der Waals surface area contributed by atoms with Crippen molar-refractivity contribution >= 4 is 17.9 Å². The second-order valence-electron chi connectivity index (χ2n) is 19.5. The average molecular weight is 964 g/mol. The van der Waals surface area contributed by atoms with Gasteiger partial charge in [-0.2, -0.15) is 0 Å². The van der Waals surface area contributed by atoms with Crippen LogP contribution in [-0.2, 0) is 28.6 Å². The van der Waals surface area contributed by atoms with Crippen LogP contribution in [0.25, 0.3) is 0 Å². The first kappa shape index (κ1) is 65.8. The van der Waals surface area contributed by atoms with Gasteiger partial charge >= 0.3 is 17.9 Å². The molecule has 0 aromatic heterocycles. The lowest BCUT2D eigenvalue weighted by Gasteiger charge is -2.18. The summed E-state index contributed by atoms with van der Waals surface area (Å²) in [6, 6.07) is 0. The molecule has 6 heteroatoms. The van der Waals surface area contributed by atoms with E-state index in [0.29, 0.717) is 19.3 Å². The van der Waals surface area contributed by atoms with Gasteiger partial charge in [0.05, 0.1) is 0 Å². The van der Waals surface area contributed by atoms with E-state index >= 15 is 0 Å². The zero-order valence-corrected chi connectivity index (χ0v) is 45.6. The van der Waals surface area contributed by atoms with Crippen LogP contribution in [0, 0.1) is 0 Å². The summed E-state index contributed by atoms with van der Waals surface area (Å²) in [5, 5.41) is 0. The number of carbonyl (C=O) groups is 3. The van der Waals surface area contributed by atoms with Gasteiger partial charge in [0, 0.05) is 19.3 Å². The van der Waals surface area contributed by atoms with Crippen LogP contribution in [0.3, 0.4) is 0 Å². The second kappa shape index (κ2) is 57.4. The van der Waals surface area contributed by atoms with Gasteiger partial charge in [-0.3, -0.25) is 14.4 Å². The van der Waals surface area contributed by atoms with Gasteiger partial charge in [-0.25, -0.2) is 0 Å². The van der Waals surface area contributed by atoms with E-state index in [9.17, 15) is 14.4 Å². The largest absolute Gasteiger partial charge is 0.462 e. The number of hydrogen-bond donors (Lipinski definition) is 0. The molecule has 0 bridgehead atoms. The van der Waals surface area contributed by atoms with Crippen LogP contribution in [0.2, 0.25) is 0 Å². The van der Waals surface area contributed by atoms with Gasteiger partial charge in [0.2, 0.25) is 0 Å². The minimum atomic E-state index is -0.806. The molecule has 0 amide bonds. The number of unbranched alkanes of at least 4 members (excludes halogenated alkanes) is 30. The van der Waals surface area contributed by atoms with E-state index in [-0.39, 0.29) is 37.5 Å². The monoisotopic (exact) mass is 963 g/mol. The van der Waals surface area contributed by atoms with E-state index in [2.05, 4.69) is 87.6 Å². The summed E-state index contributed by atoms with van der Waals surface area (Å²) < 4.78 is 16.8. The first-order chi connectivity index (χ1) is 34.0. The van der Waals surface area contributed by atoms with Crippen molar-refractivity contribution in [1.29, 1.82) is 0 Å². The lowest BCUT2D eigenvalue weighted by atomic mass is 10.0. The minimum absolute atomic E-state index is 0.0973. The molecule has 0 aliphatic heterocycles. The van der Waals surface area contributed by atoms with Gasteiger partial charge in [0.25, 0.3) is 0 Å². The number of allylic oxidation sites excluding steroid dienone is 12. The van der Waals surface area contributed by atoms with Crippen LogP contribution in [0.5, 0.6) is 0 Å². The molecule has 1 unspecified atom stereocenters. The standard InChI is InChI=1S/C63H110O6/c1-4-7-10-13-16-19-22-25-28-31-33-35-38-41-44-47-50-53-56-62(65)68-59-60(58-67-61(64)55-52-49-46-43-40-37-34-30-27-24-21-18-15-12-9-6-3)69-63(66)57-54-51-48-45-42-39-36-32-29-26-23-20-17-14-11-8-5-2/h9,12,18,21,26-27,29-30,37,40,46,49,60H,4-8,10-11,13-17,19-20,22-25,28,31-36,38-39,41-45,47-48,50-59H2,1-3H3/b12-9-,21-18-,29-26-,30-27-,40-37-,49-46-. The van der Waals surface area contributed by atoms with Crippen LogP contribution < -0.4 is 0 Å². The molecule has 0 aromatic rings. The molecule has 69 heavy (non-hydrogen) atoms. The van der Waals surface area contributed by atoms with Crippen LogP contribution in [0.1, 0.15) is 290 Å². The molecule has 0 heterocycles. The summed E-state index contributed by atoms with van der Waals surface area (Å²) in [5.74, 6) is -0.977. The smallest absolute Gasteiger partial charge is 0.306 e. The van der Waals surface area contributed by atoms with Crippen molar-refractivity contribution in [2.45, 2.75) is 297 Å². The summed E-state index contributed by atoms with van der Waals surface area (Å²) in [5.41, 5.74) is 0. The Labute approximate surface area is 427 Å². The maximum Gasteiger partial charge on any atom is 0.306 e. The predicted molar refractivity (Wildman–Crippen MR) is 298 cm³/mol. The van der Waals surface area contributed by atoms with Crippen molar-refractivity contribution in [2.75, 3.05) is 13.2 Å². The zero-order chi connectivity index (χ0) is 50.0. The van der Waals surface area contributed by atoms with Gasteiger partial charge in [0.1, 0.15) is 13.2 Å². The van der Waals surface area contributed by atoms with E-state index in [1.165, 1.54) is 173 Å². The highest BCUT2D eigenvalue weighted by atomic mass is 16.6. The summed E-state index contributed by atoms with van der Waals surface area (Å²) in [6.45, 7) is 6.49. The molecule has 398 valence electrons. The number of ether oxygens (including phenoxy) is 3. The number of esters is 3. The van der Waals surface area contributed by atoms with Crippen molar-refractivity contribution in [2.24, 2.45) is 0 Å². The van der Waals surface area contributed by atoms with Gasteiger partial charge in [0.15, 0.2) is 6.10 Å². The summed E-state index contributed by atoms with van der Waals surface area (Å²) in [6.07, 6.45) is 73.4. The first-order valence-electron chi connectivity index (χ1n) is 29.4. The molecule has 0 N–H and O–H groups in total. The summed E-state index contributed by atoms with van der Waals surface area (Å²) in [4.78, 5) is 38.2. The van der Waals surface area contributed by atoms with Crippen molar-refractivity contribution in [3.8, 4) is 0 Å². The Morgan fingerprint density at radius 1 is 0.304 bits per heavy atom. The van der Waals surface area contributed by atoms with Crippen molar-refractivity contribution in [1.82, 2.24) is 0 Å². The van der Waals surface area contributed by atoms with Crippen molar-refractivity contribution < 1.29 is 28.6 Å². The van der Waals surface area contributed by atoms with Crippen LogP contribution >= 0.6 is 0 Å². The maximum absolute atomic E-state index is 12.9. The van der Waals surface area contributed by atoms with Gasteiger partial charge in [-0.15, -0.1) is 0 Å². The minimum Gasteiger partial charge on any atom is -0.462 e.